The Balaban J connectivity index is 2.02. The number of primary amides is 1. The first-order chi connectivity index (χ1) is 7.53. The van der Waals surface area contributed by atoms with Gasteiger partial charge in [-0.1, -0.05) is 37.3 Å². The summed E-state index contributed by atoms with van der Waals surface area (Å²) in [6.07, 6.45) is 0.974. The number of carbonyl (C=O) groups is 1. The maximum atomic E-state index is 10.7. The summed E-state index contributed by atoms with van der Waals surface area (Å²) in [6, 6.07) is 9.33. The van der Waals surface area contributed by atoms with Crippen LogP contribution in [0.4, 0.5) is 4.79 Å². The molecule has 2 rings (SSSR count). The summed E-state index contributed by atoms with van der Waals surface area (Å²) in [5, 5.41) is 9.93. The van der Waals surface area contributed by atoms with Crippen LogP contribution in [0.3, 0.4) is 0 Å². The third-order valence-corrected chi connectivity index (χ3v) is 3.32. The average Bonchev–Trinajstić information content (AvgIpc) is 2.91. The summed E-state index contributed by atoms with van der Waals surface area (Å²) in [6.45, 7) is 2.35. The van der Waals surface area contributed by atoms with Crippen LogP contribution in [0.15, 0.2) is 30.3 Å². The highest BCUT2D eigenvalue weighted by atomic mass is 16.5. The van der Waals surface area contributed by atoms with Crippen LogP contribution in [0.2, 0.25) is 0 Å². The van der Waals surface area contributed by atoms with Crippen LogP contribution in [-0.2, 0) is 0 Å². The van der Waals surface area contributed by atoms with E-state index in [9.17, 15) is 10.0 Å². The third-order valence-electron chi connectivity index (χ3n) is 3.32. The molecule has 3 N–H and O–H groups in total. The minimum atomic E-state index is -0.792. The zero-order valence-corrected chi connectivity index (χ0v) is 9.26. The average molecular weight is 220 g/mol. The van der Waals surface area contributed by atoms with Gasteiger partial charge in [-0.15, -0.1) is 0 Å². The smallest absolute Gasteiger partial charge is 0.338 e. The van der Waals surface area contributed by atoms with E-state index in [4.69, 9.17) is 5.73 Å². The van der Waals surface area contributed by atoms with E-state index in [2.05, 4.69) is 19.1 Å². The summed E-state index contributed by atoms with van der Waals surface area (Å²) in [5.74, 6) is 0.405. The molecule has 86 valence electrons. The predicted octanol–water partition coefficient (Wildman–Crippen LogP) is 1.95. The first kappa shape index (κ1) is 11.0. The van der Waals surface area contributed by atoms with E-state index in [0.29, 0.717) is 17.5 Å². The van der Waals surface area contributed by atoms with Crippen molar-refractivity contribution in [2.45, 2.75) is 19.3 Å². The topological polar surface area (TPSA) is 66.6 Å². The summed E-state index contributed by atoms with van der Waals surface area (Å²) in [4.78, 5) is 10.7. The van der Waals surface area contributed by atoms with Crippen molar-refractivity contribution >= 4 is 6.03 Å². The number of hydroxylamine groups is 2. The first-order valence-corrected chi connectivity index (χ1v) is 5.34. The van der Waals surface area contributed by atoms with Gasteiger partial charge < -0.3 is 5.73 Å². The lowest BCUT2D eigenvalue weighted by atomic mass is 10.0. The largest absolute Gasteiger partial charge is 0.350 e. The van der Waals surface area contributed by atoms with E-state index >= 15 is 0 Å². The Hall–Kier alpha value is -1.55. The number of hydrogen-bond donors (Lipinski definition) is 2. The number of nitrogens with zero attached hydrogens (tertiary/aromatic N) is 1. The first-order valence-electron chi connectivity index (χ1n) is 5.34. The lowest BCUT2D eigenvalue weighted by Crippen LogP contribution is -2.36. The van der Waals surface area contributed by atoms with E-state index < -0.39 is 6.03 Å². The number of hydrogen-bond acceptors (Lipinski definition) is 2. The Bertz CT molecular complexity index is 393. The van der Waals surface area contributed by atoms with Crippen molar-refractivity contribution in [3.63, 3.8) is 0 Å². The number of nitrogens with two attached hydrogens (primary N) is 1. The van der Waals surface area contributed by atoms with Crippen molar-refractivity contribution in [1.29, 1.82) is 0 Å². The molecule has 0 radical (unpaired) electrons. The fraction of sp³-hybridized carbons (Fsp3) is 0.417. The highest BCUT2D eigenvalue weighted by Crippen LogP contribution is 2.59. The van der Waals surface area contributed by atoms with Gasteiger partial charge in [0.15, 0.2) is 0 Å². The summed E-state index contributed by atoms with van der Waals surface area (Å²) in [7, 11) is 0. The van der Waals surface area contributed by atoms with Gasteiger partial charge in [-0.05, 0) is 23.3 Å². The number of urea groups is 1. The Morgan fingerprint density at radius 3 is 2.75 bits per heavy atom. The highest BCUT2D eigenvalue weighted by molar-refractivity contribution is 5.70. The Labute approximate surface area is 94.6 Å². The number of amides is 2. The molecule has 1 aliphatic carbocycles. The molecule has 0 spiro atoms. The van der Waals surface area contributed by atoms with Crippen molar-refractivity contribution in [1.82, 2.24) is 5.06 Å². The second-order valence-electron chi connectivity index (χ2n) is 4.72. The summed E-state index contributed by atoms with van der Waals surface area (Å²) < 4.78 is 0. The van der Waals surface area contributed by atoms with Crippen molar-refractivity contribution in [3.8, 4) is 0 Å². The Morgan fingerprint density at radius 2 is 2.19 bits per heavy atom. The van der Waals surface area contributed by atoms with Gasteiger partial charge in [0.25, 0.3) is 0 Å². The van der Waals surface area contributed by atoms with Gasteiger partial charge in [0, 0.05) is 0 Å². The molecule has 4 nitrogen and oxygen atoms in total. The molecule has 2 unspecified atom stereocenters. The van der Waals surface area contributed by atoms with Gasteiger partial charge in [-0.2, -0.15) is 0 Å². The fourth-order valence-electron chi connectivity index (χ4n) is 2.21. The van der Waals surface area contributed by atoms with E-state index in [1.807, 2.05) is 18.2 Å². The van der Waals surface area contributed by atoms with E-state index in [-0.39, 0.29) is 5.41 Å². The molecule has 1 aliphatic rings. The summed E-state index contributed by atoms with van der Waals surface area (Å²) >= 11 is 0. The van der Waals surface area contributed by atoms with Crippen LogP contribution in [-0.4, -0.2) is 22.8 Å². The zero-order chi connectivity index (χ0) is 11.8. The molecule has 1 fully saturated rings. The molecular formula is C12H16N2O2. The van der Waals surface area contributed by atoms with Crippen LogP contribution in [0.25, 0.3) is 0 Å². The molecule has 2 amide bonds. The second-order valence-corrected chi connectivity index (χ2v) is 4.72. The molecule has 16 heavy (non-hydrogen) atoms. The minimum absolute atomic E-state index is 0.0505. The quantitative estimate of drug-likeness (QED) is 0.604. The van der Waals surface area contributed by atoms with Gasteiger partial charge in [0.1, 0.15) is 0 Å². The molecule has 1 aromatic carbocycles. The van der Waals surface area contributed by atoms with E-state index in [1.165, 1.54) is 5.56 Å². The number of benzene rings is 1. The normalized spacial score (nSPS) is 27.5. The van der Waals surface area contributed by atoms with Gasteiger partial charge in [0.05, 0.1) is 6.54 Å². The molecule has 4 heteroatoms. The van der Waals surface area contributed by atoms with Crippen LogP contribution in [0.1, 0.15) is 24.8 Å². The maximum absolute atomic E-state index is 10.7. The predicted molar refractivity (Wildman–Crippen MR) is 60.0 cm³/mol. The Morgan fingerprint density at radius 1 is 1.56 bits per heavy atom. The van der Waals surface area contributed by atoms with Crippen molar-refractivity contribution in [2.24, 2.45) is 11.1 Å². The molecule has 0 aromatic heterocycles. The maximum Gasteiger partial charge on any atom is 0.338 e. The van der Waals surface area contributed by atoms with Crippen LogP contribution < -0.4 is 5.73 Å². The molecule has 2 atom stereocenters. The highest BCUT2D eigenvalue weighted by Gasteiger charge is 2.51. The molecular weight excluding hydrogens is 204 g/mol. The molecule has 0 aliphatic heterocycles. The van der Waals surface area contributed by atoms with Crippen molar-refractivity contribution < 1.29 is 10.0 Å². The monoisotopic (exact) mass is 220 g/mol. The van der Waals surface area contributed by atoms with E-state index in [1.54, 1.807) is 0 Å². The molecule has 0 heterocycles. The van der Waals surface area contributed by atoms with Gasteiger partial charge in [-0.3, -0.25) is 5.21 Å². The zero-order valence-electron chi connectivity index (χ0n) is 9.26. The summed E-state index contributed by atoms with van der Waals surface area (Å²) in [5.41, 5.74) is 6.19. The molecule has 0 saturated heterocycles. The number of carbonyl (C=O) groups excluding carboxylic acids is 1. The molecule has 1 aromatic rings. The molecule has 1 saturated carbocycles. The van der Waals surface area contributed by atoms with Crippen molar-refractivity contribution in [3.05, 3.63) is 35.9 Å². The van der Waals surface area contributed by atoms with Crippen LogP contribution in [0.5, 0.6) is 0 Å². The van der Waals surface area contributed by atoms with Crippen molar-refractivity contribution in [2.75, 3.05) is 6.54 Å². The SMILES string of the molecule is CC1(CN(O)C(N)=O)CC1c1ccccc1. The van der Waals surface area contributed by atoms with Crippen LogP contribution in [0, 0.1) is 5.41 Å². The van der Waals surface area contributed by atoms with Gasteiger partial charge in [-0.25, -0.2) is 9.86 Å². The number of rotatable bonds is 3. The lowest BCUT2D eigenvalue weighted by Gasteiger charge is -2.18. The third kappa shape index (κ3) is 2.02. The minimum Gasteiger partial charge on any atom is -0.350 e. The second kappa shape index (κ2) is 3.79. The van der Waals surface area contributed by atoms with Crippen LogP contribution >= 0.6 is 0 Å². The molecule has 0 bridgehead atoms. The standard InChI is InChI=1S/C12H16N2O2/c1-12(8-14(16)11(13)15)7-10(12)9-5-3-2-4-6-9/h2-6,10,16H,7-8H2,1H3,(H2,13,15). The Kier molecular flexibility index (Phi) is 2.59. The lowest BCUT2D eigenvalue weighted by molar-refractivity contribution is -0.0527. The van der Waals surface area contributed by atoms with Gasteiger partial charge >= 0.3 is 6.03 Å². The van der Waals surface area contributed by atoms with E-state index in [0.717, 1.165) is 6.42 Å². The fourth-order valence-corrected chi connectivity index (χ4v) is 2.21. The van der Waals surface area contributed by atoms with Gasteiger partial charge in [0.2, 0.25) is 0 Å².